The Labute approximate surface area is 48.2 Å². The first-order chi connectivity index (χ1) is 3.81. The SMILES string of the molecule is C=N/C=C\C(=C)C=O. The number of rotatable bonds is 3. The van der Waals surface area contributed by atoms with Gasteiger partial charge in [-0.1, -0.05) is 6.58 Å². The van der Waals surface area contributed by atoms with Gasteiger partial charge in [0, 0.05) is 11.8 Å². The summed E-state index contributed by atoms with van der Waals surface area (Å²) in [7, 11) is 0. The maximum Gasteiger partial charge on any atom is 0.149 e. The Hall–Kier alpha value is -1.18. The lowest BCUT2D eigenvalue weighted by Crippen LogP contribution is -1.71. The second-order valence-corrected chi connectivity index (χ2v) is 1.19. The van der Waals surface area contributed by atoms with E-state index < -0.39 is 0 Å². The maximum atomic E-state index is 9.80. The zero-order valence-electron chi connectivity index (χ0n) is 4.50. The van der Waals surface area contributed by atoms with Gasteiger partial charge >= 0.3 is 0 Å². The van der Waals surface area contributed by atoms with Crippen molar-refractivity contribution in [2.75, 3.05) is 0 Å². The van der Waals surface area contributed by atoms with Crippen LogP contribution in [0.5, 0.6) is 0 Å². The number of allylic oxidation sites excluding steroid dienone is 2. The van der Waals surface area contributed by atoms with E-state index in [-0.39, 0.29) is 0 Å². The molecule has 0 unspecified atom stereocenters. The molecule has 0 aliphatic carbocycles. The molecule has 2 heteroatoms. The number of carbonyl (C=O) groups is 1. The minimum Gasteiger partial charge on any atom is -0.298 e. The summed E-state index contributed by atoms with van der Waals surface area (Å²) in [4.78, 5) is 13.2. The minimum absolute atomic E-state index is 0.400. The second-order valence-electron chi connectivity index (χ2n) is 1.19. The van der Waals surface area contributed by atoms with E-state index in [1.54, 1.807) is 0 Å². The van der Waals surface area contributed by atoms with Crippen molar-refractivity contribution >= 4 is 13.0 Å². The molecule has 8 heavy (non-hydrogen) atoms. The Morgan fingerprint density at radius 3 is 2.62 bits per heavy atom. The van der Waals surface area contributed by atoms with Crippen LogP contribution in [0.4, 0.5) is 0 Å². The van der Waals surface area contributed by atoms with Gasteiger partial charge in [0.1, 0.15) is 6.29 Å². The van der Waals surface area contributed by atoms with Crippen molar-refractivity contribution in [3.05, 3.63) is 24.4 Å². The Morgan fingerprint density at radius 1 is 1.62 bits per heavy atom. The topological polar surface area (TPSA) is 29.4 Å². The summed E-state index contributed by atoms with van der Waals surface area (Å²) in [6.45, 7) is 6.54. The van der Waals surface area contributed by atoms with E-state index in [4.69, 9.17) is 0 Å². The van der Waals surface area contributed by atoms with Gasteiger partial charge in [0.2, 0.25) is 0 Å². The molecule has 0 saturated heterocycles. The Morgan fingerprint density at radius 2 is 2.25 bits per heavy atom. The molecule has 0 aromatic rings. The lowest BCUT2D eigenvalue weighted by atomic mass is 10.3. The summed E-state index contributed by atoms with van der Waals surface area (Å²) in [5.74, 6) is 0. The van der Waals surface area contributed by atoms with Gasteiger partial charge < -0.3 is 0 Å². The summed E-state index contributed by atoms with van der Waals surface area (Å²) < 4.78 is 0. The zero-order chi connectivity index (χ0) is 6.41. The molecule has 0 N–H and O–H groups in total. The van der Waals surface area contributed by atoms with Gasteiger partial charge in [-0.3, -0.25) is 9.79 Å². The molecule has 0 spiro atoms. The van der Waals surface area contributed by atoms with Crippen LogP contribution in [0, 0.1) is 0 Å². The molecule has 0 heterocycles. The first kappa shape index (κ1) is 6.82. The van der Waals surface area contributed by atoms with Gasteiger partial charge in [0.25, 0.3) is 0 Å². The molecule has 0 aromatic heterocycles. The zero-order valence-corrected chi connectivity index (χ0v) is 4.50. The van der Waals surface area contributed by atoms with Crippen LogP contribution >= 0.6 is 0 Å². The molecule has 0 aliphatic heterocycles. The molecule has 0 fully saturated rings. The highest BCUT2D eigenvalue weighted by Crippen LogP contribution is 1.84. The van der Waals surface area contributed by atoms with Gasteiger partial charge in [-0.05, 0) is 12.8 Å². The highest BCUT2D eigenvalue weighted by atomic mass is 16.1. The quantitative estimate of drug-likeness (QED) is 0.230. The molecule has 0 atom stereocenters. The predicted octanol–water partition coefficient (Wildman–Crippen LogP) is 0.956. The van der Waals surface area contributed by atoms with Gasteiger partial charge in [-0.25, -0.2) is 0 Å². The van der Waals surface area contributed by atoms with Gasteiger partial charge in [-0.15, -0.1) is 0 Å². The van der Waals surface area contributed by atoms with Crippen LogP contribution in [-0.2, 0) is 4.79 Å². The lowest BCUT2D eigenvalue weighted by molar-refractivity contribution is -0.104. The van der Waals surface area contributed by atoms with E-state index in [0.717, 1.165) is 0 Å². The van der Waals surface area contributed by atoms with E-state index in [1.165, 1.54) is 12.3 Å². The first-order valence-electron chi connectivity index (χ1n) is 2.07. The molecular formula is C6H7NO. The van der Waals surface area contributed by atoms with Crippen molar-refractivity contribution in [2.45, 2.75) is 0 Å². The summed E-state index contributed by atoms with van der Waals surface area (Å²) in [6.07, 6.45) is 3.55. The summed E-state index contributed by atoms with van der Waals surface area (Å²) >= 11 is 0. The van der Waals surface area contributed by atoms with E-state index >= 15 is 0 Å². The van der Waals surface area contributed by atoms with Crippen molar-refractivity contribution in [1.82, 2.24) is 0 Å². The summed E-state index contributed by atoms with van der Waals surface area (Å²) in [5.41, 5.74) is 0.400. The fraction of sp³-hybridized carbons (Fsp3) is 0. The van der Waals surface area contributed by atoms with E-state index in [9.17, 15) is 4.79 Å². The largest absolute Gasteiger partial charge is 0.298 e. The molecule has 0 aliphatic rings. The van der Waals surface area contributed by atoms with Crippen LogP contribution in [0.25, 0.3) is 0 Å². The van der Waals surface area contributed by atoms with Crippen LogP contribution in [-0.4, -0.2) is 13.0 Å². The molecule has 42 valence electrons. The molecule has 0 amide bonds. The normalized spacial score (nSPS) is 9.00. The predicted molar refractivity (Wildman–Crippen MR) is 33.9 cm³/mol. The second kappa shape index (κ2) is 3.99. The molecule has 0 saturated carbocycles. The van der Waals surface area contributed by atoms with E-state index in [1.807, 2.05) is 0 Å². The highest BCUT2D eigenvalue weighted by molar-refractivity contribution is 5.76. The van der Waals surface area contributed by atoms with Crippen LogP contribution in [0.15, 0.2) is 29.4 Å². The van der Waals surface area contributed by atoms with Crippen molar-refractivity contribution in [3.63, 3.8) is 0 Å². The van der Waals surface area contributed by atoms with E-state index in [0.29, 0.717) is 11.9 Å². The lowest BCUT2D eigenvalue weighted by Gasteiger charge is -1.76. The van der Waals surface area contributed by atoms with Crippen LogP contribution in [0.3, 0.4) is 0 Å². The molecule has 0 bridgehead atoms. The smallest absolute Gasteiger partial charge is 0.149 e. The van der Waals surface area contributed by atoms with Crippen molar-refractivity contribution in [3.8, 4) is 0 Å². The number of aliphatic imine (C=N–C) groups is 1. The third-order valence-corrected chi connectivity index (χ3v) is 0.545. The van der Waals surface area contributed by atoms with Crippen molar-refractivity contribution in [2.24, 2.45) is 4.99 Å². The molecule has 0 radical (unpaired) electrons. The highest BCUT2D eigenvalue weighted by Gasteiger charge is 1.76. The van der Waals surface area contributed by atoms with Gasteiger partial charge in [0.15, 0.2) is 0 Å². The monoisotopic (exact) mass is 109 g/mol. The average Bonchev–Trinajstić information content (AvgIpc) is 1.83. The fourth-order valence-electron chi connectivity index (χ4n) is 0.188. The van der Waals surface area contributed by atoms with Crippen molar-refractivity contribution in [1.29, 1.82) is 0 Å². The molecular weight excluding hydrogens is 102 g/mol. The number of aldehydes is 1. The van der Waals surface area contributed by atoms with Crippen LogP contribution < -0.4 is 0 Å². The molecule has 2 nitrogen and oxygen atoms in total. The third-order valence-electron chi connectivity index (χ3n) is 0.545. The van der Waals surface area contributed by atoms with Crippen LogP contribution in [0.1, 0.15) is 0 Å². The number of hydrogen-bond donors (Lipinski definition) is 0. The van der Waals surface area contributed by atoms with E-state index in [2.05, 4.69) is 18.3 Å². The molecule has 0 rings (SSSR count). The summed E-state index contributed by atoms with van der Waals surface area (Å²) in [5, 5.41) is 0. The maximum absolute atomic E-state index is 9.80. The van der Waals surface area contributed by atoms with Crippen LogP contribution in [0.2, 0.25) is 0 Å². The van der Waals surface area contributed by atoms with Crippen molar-refractivity contribution < 1.29 is 4.79 Å². The fourth-order valence-corrected chi connectivity index (χ4v) is 0.188. The number of nitrogens with zero attached hydrogens (tertiary/aromatic N) is 1. The minimum atomic E-state index is 0.400. The third kappa shape index (κ3) is 3.03. The number of carbonyl (C=O) groups excluding carboxylic acids is 1. The number of hydrogen-bond acceptors (Lipinski definition) is 2. The average molecular weight is 109 g/mol. The van der Waals surface area contributed by atoms with Gasteiger partial charge in [0.05, 0.1) is 0 Å². The van der Waals surface area contributed by atoms with Gasteiger partial charge in [-0.2, -0.15) is 0 Å². The standard InChI is InChI=1S/C6H7NO/c1-6(5-8)3-4-7-2/h3-5H,1-2H2/b4-3-. The Kier molecular flexibility index (Phi) is 3.40. The summed E-state index contributed by atoms with van der Waals surface area (Å²) in [6, 6.07) is 0. The Balaban J connectivity index is 3.69. The Bertz CT molecular complexity index is 135. The molecule has 0 aromatic carbocycles. The first-order valence-corrected chi connectivity index (χ1v) is 2.07.